The van der Waals surface area contributed by atoms with E-state index in [1.165, 1.54) is 70.8 Å². The average molecular weight is 370 g/mol. The van der Waals surface area contributed by atoms with Crippen molar-refractivity contribution in [1.82, 2.24) is 14.8 Å². The Hall–Kier alpha value is -1.29. The molecule has 27 heavy (non-hydrogen) atoms. The molecule has 0 unspecified atom stereocenters. The summed E-state index contributed by atoms with van der Waals surface area (Å²) in [5.41, 5.74) is 0.763. The first kappa shape index (κ1) is 17.8. The van der Waals surface area contributed by atoms with Gasteiger partial charge >= 0.3 is 0 Å². The molecule has 3 aliphatic heterocycles. The molecule has 1 amide bonds. The van der Waals surface area contributed by atoms with Gasteiger partial charge in [-0.2, -0.15) is 0 Å². The fourth-order valence-corrected chi connectivity index (χ4v) is 6.80. The number of hydrogen-bond donors (Lipinski definition) is 1. The molecule has 5 rings (SSSR count). The summed E-state index contributed by atoms with van der Waals surface area (Å²) >= 11 is 0. The summed E-state index contributed by atoms with van der Waals surface area (Å²) in [6, 6.07) is 5.31. The summed E-state index contributed by atoms with van der Waals surface area (Å²) in [6.07, 6.45) is 15.9. The zero-order valence-electron chi connectivity index (χ0n) is 16.6. The van der Waals surface area contributed by atoms with Crippen molar-refractivity contribution in [1.29, 1.82) is 0 Å². The summed E-state index contributed by atoms with van der Waals surface area (Å²) in [7, 11) is 0. The zero-order valence-corrected chi connectivity index (χ0v) is 16.6. The van der Waals surface area contributed by atoms with Crippen LogP contribution >= 0.6 is 0 Å². The maximum absolute atomic E-state index is 13.0. The maximum Gasteiger partial charge on any atom is 0.270 e. The molecule has 0 radical (unpaired) electrons. The van der Waals surface area contributed by atoms with Gasteiger partial charge in [0.25, 0.3) is 5.91 Å². The van der Waals surface area contributed by atoms with Gasteiger partial charge in [0.15, 0.2) is 0 Å². The summed E-state index contributed by atoms with van der Waals surface area (Å²) in [6.45, 7) is 3.24. The largest absolute Gasteiger partial charge is 0.357 e. The molecular formula is C23H35N3O. The van der Waals surface area contributed by atoms with E-state index in [-0.39, 0.29) is 5.91 Å². The fraction of sp³-hybridized carbons (Fsp3) is 0.783. The van der Waals surface area contributed by atoms with Gasteiger partial charge in [0, 0.05) is 31.4 Å². The van der Waals surface area contributed by atoms with Crippen LogP contribution in [-0.4, -0.2) is 52.4 Å². The van der Waals surface area contributed by atoms with E-state index in [9.17, 15) is 4.79 Å². The van der Waals surface area contributed by atoms with E-state index >= 15 is 0 Å². The molecular weight excluding hydrogens is 334 g/mol. The van der Waals surface area contributed by atoms with Crippen LogP contribution in [0.3, 0.4) is 0 Å². The van der Waals surface area contributed by atoms with Crippen molar-refractivity contribution in [2.24, 2.45) is 17.8 Å². The van der Waals surface area contributed by atoms with Crippen molar-refractivity contribution in [2.75, 3.05) is 19.6 Å². The van der Waals surface area contributed by atoms with Crippen molar-refractivity contribution >= 4 is 5.91 Å². The number of fused-ring (bicyclic) bond motifs is 4. The minimum atomic E-state index is 0.218. The number of likely N-dealkylation sites (tertiary alicyclic amines) is 1. The van der Waals surface area contributed by atoms with E-state index in [1.807, 2.05) is 18.3 Å². The number of hydrogen-bond acceptors (Lipinski definition) is 2. The van der Waals surface area contributed by atoms with Gasteiger partial charge in [-0.15, -0.1) is 0 Å². The van der Waals surface area contributed by atoms with Crippen LogP contribution < -0.4 is 0 Å². The van der Waals surface area contributed by atoms with Crippen LogP contribution in [0.25, 0.3) is 0 Å². The number of carbonyl (C=O) groups excluding carboxylic acids is 1. The van der Waals surface area contributed by atoms with E-state index in [0.717, 1.165) is 30.7 Å². The number of piperidine rings is 3. The van der Waals surface area contributed by atoms with Crippen molar-refractivity contribution in [3.8, 4) is 0 Å². The molecule has 1 aromatic heterocycles. The zero-order chi connectivity index (χ0) is 18.2. The molecule has 148 valence electrons. The molecule has 4 heteroatoms. The second-order valence-electron chi connectivity index (χ2n) is 9.66. The van der Waals surface area contributed by atoms with Crippen molar-refractivity contribution < 1.29 is 4.79 Å². The van der Waals surface area contributed by atoms with E-state index in [1.54, 1.807) is 0 Å². The Morgan fingerprint density at radius 1 is 1.04 bits per heavy atom. The number of carbonyl (C=O) groups is 1. The standard InChI is InChI=1S/C23H35N3O/c27-23(20-9-6-11-24-20)25-15-18-14-19(16-25)22(13-17-7-2-1-3-8-17)26-12-5-4-10-21(18)26/h6,9,11,17-19,21-22,24H,1-5,7-8,10,12-16H2/t18-,19+,21+,22+/m1/s1. The highest BCUT2D eigenvalue weighted by Gasteiger charge is 2.48. The third-order valence-corrected chi connectivity index (χ3v) is 8.04. The van der Waals surface area contributed by atoms with Crippen molar-refractivity contribution in [3.05, 3.63) is 24.0 Å². The fourth-order valence-electron chi connectivity index (χ4n) is 6.80. The van der Waals surface area contributed by atoms with Gasteiger partial charge in [-0.05, 0) is 62.1 Å². The average Bonchev–Trinajstić information content (AvgIpc) is 3.26. The van der Waals surface area contributed by atoms with Crippen LogP contribution in [0.15, 0.2) is 18.3 Å². The third-order valence-electron chi connectivity index (χ3n) is 8.04. The topological polar surface area (TPSA) is 39.3 Å². The lowest BCUT2D eigenvalue weighted by Gasteiger charge is -2.57. The number of amides is 1. The van der Waals surface area contributed by atoms with Gasteiger partial charge in [0.05, 0.1) is 0 Å². The first-order valence-electron chi connectivity index (χ1n) is 11.5. The quantitative estimate of drug-likeness (QED) is 0.863. The summed E-state index contributed by atoms with van der Waals surface area (Å²) in [5, 5.41) is 0. The number of nitrogens with one attached hydrogen (secondary N) is 1. The highest BCUT2D eigenvalue weighted by molar-refractivity contribution is 5.92. The lowest BCUT2D eigenvalue weighted by atomic mass is 9.69. The molecule has 0 spiro atoms. The van der Waals surface area contributed by atoms with Gasteiger partial charge < -0.3 is 9.88 Å². The summed E-state index contributed by atoms with van der Waals surface area (Å²) in [4.78, 5) is 21.3. The van der Waals surface area contributed by atoms with Gasteiger partial charge in [-0.1, -0.05) is 38.5 Å². The van der Waals surface area contributed by atoms with Crippen LogP contribution in [0, 0.1) is 17.8 Å². The number of nitrogens with zero attached hydrogens (tertiary/aromatic N) is 2. The van der Waals surface area contributed by atoms with Gasteiger partial charge in [0.2, 0.25) is 0 Å². The maximum atomic E-state index is 13.0. The molecule has 2 bridgehead atoms. The molecule has 1 aromatic rings. The Morgan fingerprint density at radius 2 is 1.85 bits per heavy atom. The molecule has 0 aromatic carbocycles. The number of aromatic amines is 1. The van der Waals surface area contributed by atoms with Crippen LogP contribution in [0.1, 0.15) is 74.7 Å². The molecule has 1 aliphatic carbocycles. The SMILES string of the molecule is O=C(c1ccc[nH]1)N1C[C@H]2C[C@@H](C1)[C@H](CC1CCCCC1)N1CCCC[C@@H]21. The Morgan fingerprint density at radius 3 is 2.67 bits per heavy atom. The Kier molecular flexibility index (Phi) is 5.02. The van der Waals surface area contributed by atoms with Crippen molar-refractivity contribution in [2.45, 2.75) is 76.3 Å². The Bertz CT molecular complexity index is 636. The molecule has 4 atom stereocenters. The normalized spacial score (nSPS) is 35.0. The van der Waals surface area contributed by atoms with Crippen molar-refractivity contribution in [3.63, 3.8) is 0 Å². The highest BCUT2D eigenvalue weighted by Crippen LogP contribution is 2.44. The monoisotopic (exact) mass is 369 g/mol. The summed E-state index contributed by atoms with van der Waals surface area (Å²) in [5.74, 6) is 2.51. The van der Waals surface area contributed by atoms with Gasteiger partial charge in [0.1, 0.15) is 5.69 Å². The van der Waals surface area contributed by atoms with Crippen LogP contribution in [-0.2, 0) is 0 Å². The summed E-state index contributed by atoms with van der Waals surface area (Å²) < 4.78 is 0. The first-order chi connectivity index (χ1) is 13.3. The van der Waals surface area contributed by atoms with Gasteiger partial charge in [-0.3, -0.25) is 9.69 Å². The molecule has 1 saturated carbocycles. The van der Waals surface area contributed by atoms with E-state index in [2.05, 4.69) is 14.8 Å². The molecule has 4 aliphatic rings. The number of aromatic nitrogens is 1. The second-order valence-corrected chi connectivity index (χ2v) is 9.66. The predicted octanol–water partition coefficient (Wildman–Crippen LogP) is 4.30. The Balaban J connectivity index is 1.36. The number of rotatable bonds is 3. The minimum Gasteiger partial charge on any atom is -0.357 e. The first-order valence-corrected chi connectivity index (χ1v) is 11.5. The second kappa shape index (κ2) is 7.62. The molecule has 4 nitrogen and oxygen atoms in total. The van der Waals surface area contributed by atoms with Crippen LogP contribution in [0.2, 0.25) is 0 Å². The van der Waals surface area contributed by atoms with E-state index in [4.69, 9.17) is 0 Å². The number of H-pyrrole nitrogens is 1. The smallest absolute Gasteiger partial charge is 0.270 e. The third kappa shape index (κ3) is 3.46. The lowest BCUT2D eigenvalue weighted by molar-refractivity contribution is -0.0726. The molecule has 3 saturated heterocycles. The predicted molar refractivity (Wildman–Crippen MR) is 108 cm³/mol. The molecule has 4 fully saturated rings. The minimum absolute atomic E-state index is 0.218. The van der Waals surface area contributed by atoms with Gasteiger partial charge in [-0.25, -0.2) is 0 Å². The highest BCUT2D eigenvalue weighted by atomic mass is 16.2. The van der Waals surface area contributed by atoms with Crippen LogP contribution in [0.5, 0.6) is 0 Å². The Labute approximate surface area is 163 Å². The van der Waals surface area contributed by atoms with E-state index < -0.39 is 0 Å². The molecule has 4 heterocycles. The lowest BCUT2D eigenvalue weighted by Crippen LogP contribution is -2.64. The van der Waals surface area contributed by atoms with E-state index in [0.29, 0.717) is 17.9 Å². The van der Waals surface area contributed by atoms with Crippen LogP contribution in [0.4, 0.5) is 0 Å². The molecule has 1 N–H and O–H groups in total.